The number of methoxy groups -OCH3 is 2. The molecule has 6 unspecified atom stereocenters. The number of fused-ring (bicyclic) bond motifs is 3. The van der Waals surface area contributed by atoms with Crippen molar-refractivity contribution in [3.63, 3.8) is 0 Å². The molecule has 2 aliphatic heterocycles. The van der Waals surface area contributed by atoms with Crippen LogP contribution in [0.3, 0.4) is 0 Å². The van der Waals surface area contributed by atoms with Crippen LogP contribution in [0.1, 0.15) is 18.7 Å². The lowest BCUT2D eigenvalue weighted by molar-refractivity contribution is -0.745. The summed E-state index contributed by atoms with van der Waals surface area (Å²) in [5.74, 6) is -0.659. The van der Waals surface area contributed by atoms with Gasteiger partial charge in [-0.1, -0.05) is 4.98 Å². The van der Waals surface area contributed by atoms with E-state index < -0.39 is 130 Å². The van der Waals surface area contributed by atoms with Crippen molar-refractivity contribution in [2.75, 3.05) is 77.7 Å². The van der Waals surface area contributed by atoms with E-state index in [1.54, 1.807) is 0 Å². The van der Waals surface area contributed by atoms with Crippen molar-refractivity contribution in [2.24, 2.45) is 7.05 Å². The molecule has 8 rings (SSSR count). The Bertz CT molecular complexity index is 3470. The number of aliphatic hydroxyl groups is 3. The van der Waals surface area contributed by atoms with Gasteiger partial charge in [0.05, 0.1) is 66.0 Å². The molecule has 6 aromatic rings. The number of hydrogen-bond acceptors (Lipinski definition) is 30. The molecular formula is C35H52N15O25P4+. The molecule has 6 aromatic heterocycles. The number of imidazole rings is 3. The molecule has 2 saturated heterocycles. The Labute approximate surface area is 440 Å². The van der Waals surface area contributed by atoms with Crippen LogP contribution in [-0.4, -0.2) is 192 Å². The molecule has 0 saturated carbocycles. The number of nitrogens with zero attached hydrogens (tertiary/aromatic N) is 10. The Morgan fingerprint density at radius 1 is 0.722 bits per heavy atom. The van der Waals surface area contributed by atoms with E-state index in [1.807, 2.05) is 0 Å². The third kappa shape index (κ3) is 13.8. The minimum absolute atomic E-state index is 0.00660. The number of ether oxygens (including phenoxy) is 6. The van der Waals surface area contributed by atoms with Crippen LogP contribution >= 0.6 is 31.3 Å². The standard InChI is InChI=1S/C35H51N15O25P4/c1-47-14-50(29-21(47)31(55)46-35(38)44-29)33-24(53)25(66-5-4-64-2)17(73-33)9-70-78(60,61)75-79(62,63)74-77(58,59)68-7-15(71-18(10-65-3)48-12-41-19-26(36)39-11-40-27(19)48)6-67-76(56,57)69-8-16-22(51)23(52)32(72-16)49-13-42-20-28(49)43-34(37)45-30(20)54/h11-18,22-25,32-33,51-53H,4-10H2,1-3H3,(H11-,36,37,38,39,40,43,44,45,46,54,55,56,57,58,59,60,61,62,63)/p+1/t15-,16+,17+,18+,22-,23?,24-,25?,32+,33+/m0/s1. The fourth-order valence-corrected chi connectivity index (χ4v) is 12.4. The van der Waals surface area contributed by atoms with Gasteiger partial charge in [-0.05, 0) is 0 Å². The van der Waals surface area contributed by atoms with Crippen LogP contribution in [0.15, 0.2) is 34.9 Å². The van der Waals surface area contributed by atoms with Gasteiger partial charge in [0.15, 0.2) is 41.4 Å². The highest BCUT2D eigenvalue weighted by molar-refractivity contribution is 7.66. The number of phosphoric ester groups is 3. The van der Waals surface area contributed by atoms with E-state index in [0.717, 1.165) is 17.2 Å². The number of hydrogen-bond donors (Lipinski definition) is 12. The maximum Gasteiger partial charge on any atom is 0.490 e. The second-order valence-corrected chi connectivity index (χ2v) is 23.0. The number of anilines is 3. The van der Waals surface area contributed by atoms with Crippen molar-refractivity contribution < 1.29 is 113 Å². The van der Waals surface area contributed by atoms with Crippen molar-refractivity contribution >= 4 is 82.5 Å². The zero-order valence-corrected chi connectivity index (χ0v) is 44.6. The summed E-state index contributed by atoms with van der Waals surface area (Å²) in [6.07, 6.45) is -11.1. The fourth-order valence-electron chi connectivity index (χ4n) is 8.05. The summed E-state index contributed by atoms with van der Waals surface area (Å²) in [4.78, 5) is 96.0. The lowest BCUT2D eigenvalue weighted by atomic mass is 10.1. The average Bonchev–Trinajstić information content (AvgIpc) is 4.24. The highest BCUT2D eigenvalue weighted by atomic mass is 31.3. The number of phosphoric acid groups is 4. The second kappa shape index (κ2) is 24.1. The molecular weight excluding hydrogens is 1150 g/mol. The van der Waals surface area contributed by atoms with Gasteiger partial charge < -0.3 is 80.5 Å². The van der Waals surface area contributed by atoms with Crippen LogP contribution < -0.4 is 32.9 Å². The predicted octanol–water partition coefficient (Wildman–Crippen LogP) is -3.79. The summed E-state index contributed by atoms with van der Waals surface area (Å²) in [6.45, 7) is -4.94. The maximum atomic E-state index is 13.3. The number of nitrogens with one attached hydrogen (secondary N) is 2. The van der Waals surface area contributed by atoms with Crippen LogP contribution in [0.25, 0.3) is 33.5 Å². The van der Waals surface area contributed by atoms with Gasteiger partial charge in [-0.25, -0.2) is 42.8 Å². The molecule has 44 heteroatoms. The largest absolute Gasteiger partial charge is 0.490 e. The molecule has 0 spiro atoms. The van der Waals surface area contributed by atoms with E-state index in [2.05, 4.69) is 48.5 Å². The zero-order chi connectivity index (χ0) is 57.4. The van der Waals surface area contributed by atoms with Crippen LogP contribution in [0.5, 0.6) is 0 Å². The molecule has 14 atom stereocenters. The molecule has 0 aliphatic carbocycles. The van der Waals surface area contributed by atoms with E-state index in [0.29, 0.717) is 0 Å². The first-order valence-corrected chi connectivity index (χ1v) is 28.5. The third-order valence-electron chi connectivity index (χ3n) is 11.5. The summed E-state index contributed by atoms with van der Waals surface area (Å²) in [5, 5.41) is 33.0. The monoisotopic (exact) mass is 1210 g/mol. The highest BCUT2D eigenvalue weighted by Crippen LogP contribution is 2.68. The number of aliphatic hydroxyl groups excluding tert-OH is 3. The third-order valence-corrected chi connectivity index (χ3v) is 16.7. The predicted molar refractivity (Wildman–Crippen MR) is 257 cm³/mol. The highest BCUT2D eigenvalue weighted by Gasteiger charge is 2.51. The number of nitrogen functional groups attached to an aromatic ring is 3. The van der Waals surface area contributed by atoms with Gasteiger partial charge in [0.2, 0.25) is 17.7 Å². The van der Waals surface area contributed by atoms with E-state index in [4.69, 9.17) is 63.7 Å². The van der Waals surface area contributed by atoms with Crippen LogP contribution in [-0.2, 0) is 80.4 Å². The molecule has 2 aliphatic rings. The number of H-pyrrole nitrogens is 2. The molecule has 436 valence electrons. The number of aromatic nitrogens is 12. The molecule has 0 amide bonds. The van der Waals surface area contributed by atoms with Crippen LogP contribution in [0, 0.1) is 0 Å². The molecule has 15 N–H and O–H groups in total. The van der Waals surface area contributed by atoms with Gasteiger partial charge in [-0.3, -0.25) is 51.4 Å². The first kappa shape index (κ1) is 59.9. The smallest absolute Gasteiger partial charge is 0.387 e. The molecule has 0 radical (unpaired) electrons. The van der Waals surface area contributed by atoms with Gasteiger partial charge in [0.25, 0.3) is 17.1 Å². The Hall–Kier alpha value is -5.19. The summed E-state index contributed by atoms with van der Waals surface area (Å²) >= 11 is 0. The normalized spacial score (nSPS) is 25.6. The fraction of sp³-hybridized carbons (Fsp3) is 0.571. The van der Waals surface area contributed by atoms with E-state index in [1.165, 1.54) is 47.6 Å². The number of aromatic amines is 2. The summed E-state index contributed by atoms with van der Waals surface area (Å²) in [7, 11) is -19.3. The minimum Gasteiger partial charge on any atom is -0.387 e. The van der Waals surface area contributed by atoms with Gasteiger partial charge in [-0.15, -0.1) is 0 Å². The van der Waals surface area contributed by atoms with E-state index >= 15 is 0 Å². The van der Waals surface area contributed by atoms with Crippen molar-refractivity contribution in [2.45, 2.75) is 61.4 Å². The van der Waals surface area contributed by atoms with Crippen LogP contribution in [0.2, 0.25) is 0 Å². The van der Waals surface area contributed by atoms with Crippen molar-refractivity contribution in [3.8, 4) is 0 Å². The quantitative estimate of drug-likeness (QED) is 0.0134. The van der Waals surface area contributed by atoms with Gasteiger partial charge in [0.1, 0.15) is 54.6 Å². The maximum absolute atomic E-state index is 13.3. The molecule has 0 bridgehead atoms. The second-order valence-electron chi connectivity index (χ2n) is 16.9. The average molecular weight is 1210 g/mol. The Morgan fingerprint density at radius 2 is 1.37 bits per heavy atom. The molecule has 79 heavy (non-hydrogen) atoms. The Morgan fingerprint density at radius 3 is 2.08 bits per heavy atom. The SMILES string of the molecule is COCCOC1[C@@H](COP(=O)(O)OP(=O)(O)OP(=O)(O)OC[C@H](COP(=O)(O)OC[C@H]2O[C@@H](n3cnc4c(=O)[nH]c(N)nc43)C(O)[C@H]2O)O[C@H](COC)n2cnc3c(N)ncnc32)O[C@@H]([n+]2cn(C)c3c(=O)[nH]c(N)nc32)[C@H]1O. The van der Waals surface area contributed by atoms with Gasteiger partial charge in [0, 0.05) is 14.2 Å². The van der Waals surface area contributed by atoms with Crippen molar-refractivity contribution in [3.05, 3.63) is 46.0 Å². The minimum atomic E-state index is -6.21. The molecule has 40 nitrogen and oxygen atoms in total. The Kier molecular flexibility index (Phi) is 18.3. The topological polar surface area (TPSA) is 560 Å². The first-order chi connectivity index (χ1) is 37.2. The zero-order valence-electron chi connectivity index (χ0n) is 41.0. The number of aryl methyl sites for hydroxylation is 1. The molecule has 8 heterocycles. The number of rotatable bonds is 27. The number of nitrogens with two attached hydrogens (primary N) is 3. The van der Waals surface area contributed by atoms with Gasteiger partial charge in [-0.2, -0.15) is 13.6 Å². The molecule has 0 aromatic carbocycles. The van der Waals surface area contributed by atoms with Crippen molar-refractivity contribution in [1.29, 1.82) is 0 Å². The lowest BCUT2D eigenvalue weighted by Gasteiger charge is -2.27. The van der Waals surface area contributed by atoms with E-state index in [-0.39, 0.29) is 71.0 Å². The van der Waals surface area contributed by atoms with E-state index in [9.17, 15) is 62.7 Å². The summed E-state index contributed by atoms with van der Waals surface area (Å²) < 4.78 is 120. The summed E-state index contributed by atoms with van der Waals surface area (Å²) in [6, 6.07) is 0. The summed E-state index contributed by atoms with van der Waals surface area (Å²) in [5.41, 5.74) is 15.7. The van der Waals surface area contributed by atoms with Gasteiger partial charge >= 0.3 is 36.9 Å². The Balaban J connectivity index is 0.928. The lowest BCUT2D eigenvalue weighted by Crippen LogP contribution is -2.46. The van der Waals surface area contributed by atoms with Crippen molar-refractivity contribution in [1.82, 2.24) is 53.6 Å². The van der Waals surface area contributed by atoms with Crippen LogP contribution in [0.4, 0.5) is 17.7 Å². The molecule has 2 fully saturated rings. The first-order valence-electron chi connectivity index (χ1n) is 22.5.